The van der Waals surface area contributed by atoms with Gasteiger partial charge in [0.15, 0.2) is 0 Å². The second-order valence-electron chi connectivity index (χ2n) is 9.95. The van der Waals surface area contributed by atoms with Crippen LogP contribution in [0.2, 0.25) is 0 Å². The van der Waals surface area contributed by atoms with E-state index in [1.807, 2.05) is 36.1 Å². The van der Waals surface area contributed by atoms with Crippen LogP contribution < -0.4 is 9.80 Å². The molecule has 2 rings (SSSR count). The number of carboxylic acid groups (broad SMARTS) is 1. The van der Waals surface area contributed by atoms with Crippen molar-refractivity contribution in [2.45, 2.75) is 53.9 Å². The van der Waals surface area contributed by atoms with E-state index in [0.717, 1.165) is 5.56 Å². The quantitative estimate of drug-likeness (QED) is 0.390. The van der Waals surface area contributed by atoms with Crippen LogP contribution in [0.25, 0.3) is 0 Å². The van der Waals surface area contributed by atoms with Gasteiger partial charge in [0.1, 0.15) is 5.82 Å². The van der Waals surface area contributed by atoms with Crippen LogP contribution >= 0.6 is 0 Å². The van der Waals surface area contributed by atoms with E-state index in [2.05, 4.69) is 27.7 Å². The summed E-state index contributed by atoms with van der Waals surface area (Å²) in [5.74, 6) is -1.77. The molecule has 35 heavy (non-hydrogen) atoms. The largest absolute Gasteiger partial charge is 0.481 e. The summed E-state index contributed by atoms with van der Waals surface area (Å²) in [4.78, 5) is 28.1. The molecular formula is C28H39FN2O4. The van der Waals surface area contributed by atoms with Crippen LogP contribution in [0.5, 0.6) is 0 Å². The predicted octanol–water partition coefficient (Wildman–Crippen LogP) is 6.14. The molecule has 0 spiro atoms. The van der Waals surface area contributed by atoms with Crippen molar-refractivity contribution in [2.24, 2.45) is 11.8 Å². The molecule has 1 unspecified atom stereocenters. The van der Waals surface area contributed by atoms with Crippen LogP contribution in [-0.2, 0) is 14.3 Å². The Bertz CT molecular complexity index is 1010. The first-order valence-corrected chi connectivity index (χ1v) is 12.1. The van der Waals surface area contributed by atoms with Crippen molar-refractivity contribution in [2.75, 3.05) is 36.6 Å². The summed E-state index contributed by atoms with van der Waals surface area (Å²) in [6.45, 7) is 13.0. The van der Waals surface area contributed by atoms with Gasteiger partial charge in [-0.05, 0) is 48.1 Å². The fraction of sp³-hybridized carbons (Fsp3) is 0.500. The van der Waals surface area contributed by atoms with Crippen LogP contribution in [0.3, 0.4) is 0 Å². The van der Waals surface area contributed by atoms with E-state index < -0.39 is 17.7 Å². The molecule has 0 bridgehead atoms. The number of carboxylic acids is 1. The maximum absolute atomic E-state index is 16.1. The monoisotopic (exact) mass is 486 g/mol. The minimum absolute atomic E-state index is 0.122. The number of carbonyl (C=O) groups excluding carboxylic acids is 1. The van der Waals surface area contributed by atoms with Gasteiger partial charge >= 0.3 is 5.97 Å². The van der Waals surface area contributed by atoms with Gasteiger partial charge in [-0.1, -0.05) is 45.9 Å². The van der Waals surface area contributed by atoms with Gasteiger partial charge in [0.05, 0.1) is 30.1 Å². The maximum Gasteiger partial charge on any atom is 0.304 e. The van der Waals surface area contributed by atoms with E-state index in [1.165, 1.54) is 25.0 Å². The average molecular weight is 487 g/mol. The highest BCUT2D eigenvalue weighted by Gasteiger charge is 2.28. The second-order valence-corrected chi connectivity index (χ2v) is 9.95. The third kappa shape index (κ3) is 7.52. The molecule has 1 atom stereocenters. The summed E-state index contributed by atoms with van der Waals surface area (Å²) in [6.07, 6.45) is -0.210. The van der Waals surface area contributed by atoms with Crippen LogP contribution in [-0.4, -0.2) is 43.8 Å². The minimum Gasteiger partial charge on any atom is -0.481 e. The summed E-state index contributed by atoms with van der Waals surface area (Å²) in [7, 11) is 1.49. The van der Waals surface area contributed by atoms with Gasteiger partial charge < -0.3 is 14.7 Å². The van der Waals surface area contributed by atoms with Crippen molar-refractivity contribution >= 4 is 28.9 Å². The first-order valence-electron chi connectivity index (χ1n) is 12.1. The highest BCUT2D eigenvalue weighted by molar-refractivity contribution is 6.03. The van der Waals surface area contributed by atoms with Crippen molar-refractivity contribution in [3.63, 3.8) is 0 Å². The maximum atomic E-state index is 16.1. The van der Waals surface area contributed by atoms with E-state index in [1.54, 1.807) is 6.07 Å². The minimum atomic E-state index is -0.998. The zero-order valence-electron chi connectivity index (χ0n) is 22.0. The van der Waals surface area contributed by atoms with Crippen molar-refractivity contribution in [1.82, 2.24) is 0 Å². The Hall–Kier alpha value is -2.93. The Balaban J connectivity index is 2.87. The Morgan fingerprint density at radius 2 is 1.63 bits per heavy atom. The average Bonchev–Trinajstić information content (AvgIpc) is 2.73. The van der Waals surface area contributed by atoms with Crippen molar-refractivity contribution < 1.29 is 23.8 Å². The number of halogens is 1. The van der Waals surface area contributed by atoms with Gasteiger partial charge in [-0.25, -0.2) is 4.39 Å². The molecule has 0 fully saturated rings. The van der Waals surface area contributed by atoms with E-state index in [4.69, 9.17) is 4.74 Å². The number of carbonyl (C=O) groups is 2. The van der Waals surface area contributed by atoms with Crippen LogP contribution in [0.4, 0.5) is 21.5 Å². The van der Waals surface area contributed by atoms with E-state index >= 15 is 4.39 Å². The molecule has 0 aromatic heterocycles. The molecule has 2 aromatic carbocycles. The summed E-state index contributed by atoms with van der Waals surface area (Å²) in [5, 5.41) is 9.44. The topological polar surface area (TPSA) is 70.1 Å². The lowest BCUT2D eigenvalue weighted by Crippen LogP contribution is -2.35. The summed E-state index contributed by atoms with van der Waals surface area (Å²) in [5.41, 5.74) is 2.78. The van der Waals surface area contributed by atoms with Gasteiger partial charge in [0.2, 0.25) is 5.91 Å². The third-order valence-electron chi connectivity index (χ3n) is 5.73. The Morgan fingerprint density at radius 1 is 1.03 bits per heavy atom. The number of methoxy groups -OCH3 is 1. The lowest BCUT2D eigenvalue weighted by Gasteiger charge is -2.35. The summed E-state index contributed by atoms with van der Waals surface area (Å²) < 4.78 is 21.3. The molecule has 0 heterocycles. The second kappa shape index (κ2) is 12.7. The number of hydrogen-bond acceptors (Lipinski definition) is 4. The van der Waals surface area contributed by atoms with Gasteiger partial charge in [-0.3, -0.25) is 14.5 Å². The molecule has 0 radical (unpaired) electrons. The van der Waals surface area contributed by atoms with Crippen LogP contribution in [0.1, 0.15) is 58.1 Å². The van der Waals surface area contributed by atoms with Crippen molar-refractivity contribution in [3.05, 3.63) is 53.3 Å². The smallest absolute Gasteiger partial charge is 0.304 e. The lowest BCUT2D eigenvalue weighted by molar-refractivity contribution is -0.137. The summed E-state index contributed by atoms with van der Waals surface area (Å²) >= 11 is 0. The molecule has 6 nitrogen and oxygen atoms in total. The van der Waals surface area contributed by atoms with Crippen molar-refractivity contribution in [3.8, 4) is 0 Å². The fourth-order valence-electron chi connectivity index (χ4n) is 4.43. The number of nitrogens with zero attached hydrogens (tertiary/aromatic N) is 2. The number of aliphatic carboxylic acids is 1. The molecule has 0 aliphatic carbocycles. The molecular weight excluding hydrogens is 447 g/mol. The van der Waals surface area contributed by atoms with Gasteiger partial charge in [-0.15, -0.1) is 0 Å². The van der Waals surface area contributed by atoms with Crippen molar-refractivity contribution in [1.29, 1.82) is 0 Å². The zero-order valence-corrected chi connectivity index (χ0v) is 22.0. The van der Waals surface area contributed by atoms with E-state index in [0.29, 0.717) is 35.7 Å². The molecule has 0 aliphatic rings. The number of para-hydroxylation sites is 1. The number of aryl methyl sites for hydroxylation is 1. The van der Waals surface area contributed by atoms with Gasteiger partial charge in [-0.2, -0.15) is 0 Å². The molecule has 1 amide bonds. The number of hydrogen-bond donors (Lipinski definition) is 1. The first kappa shape index (κ1) is 28.3. The standard InChI is InChI=1S/C28H39FN2O4/c1-18(2)15-30(16-19(3)4)28-24(29)12-22(23(17-35-7)14-27(33)34)13-26(28)31(21(6)32)25-11-9-8-10-20(25)5/h8-13,18-19,23H,14-17H2,1-7H3,(H,33,34). The molecule has 0 saturated carbocycles. The first-order chi connectivity index (χ1) is 16.5. The highest BCUT2D eigenvalue weighted by atomic mass is 19.1. The van der Waals surface area contributed by atoms with Crippen LogP contribution in [0.15, 0.2) is 36.4 Å². The molecule has 7 heteroatoms. The zero-order chi connectivity index (χ0) is 26.3. The molecule has 0 saturated heterocycles. The number of benzene rings is 2. The molecule has 1 N–H and O–H groups in total. The van der Waals surface area contributed by atoms with Crippen LogP contribution in [0, 0.1) is 24.6 Å². The Labute approximate surface area is 208 Å². The summed E-state index contributed by atoms with van der Waals surface area (Å²) in [6, 6.07) is 10.6. The van der Waals surface area contributed by atoms with Gasteiger partial charge in [0, 0.05) is 33.0 Å². The molecule has 192 valence electrons. The fourth-order valence-corrected chi connectivity index (χ4v) is 4.43. The van der Waals surface area contributed by atoms with Gasteiger partial charge in [0.25, 0.3) is 0 Å². The lowest BCUT2D eigenvalue weighted by atomic mass is 9.94. The predicted molar refractivity (Wildman–Crippen MR) is 139 cm³/mol. The Morgan fingerprint density at radius 3 is 2.11 bits per heavy atom. The third-order valence-corrected chi connectivity index (χ3v) is 5.73. The Kier molecular flexibility index (Phi) is 10.3. The number of anilines is 3. The van der Waals surface area contributed by atoms with E-state index in [9.17, 15) is 14.7 Å². The van der Waals surface area contributed by atoms with E-state index in [-0.39, 0.29) is 30.8 Å². The molecule has 0 aliphatic heterocycles. The number of rotatable bonds is 12. The highest BCUT2D eigenvalue weighted by Crippen LogP contribution is 2.41. The number of amides is 1. The SMILES string of the molecule is COCC(CC(=O)O)c1cc(F)c(N(CC(C)C)CC(C)C)c(N(C(C)=O)c2ccccc2C)c1. The normalized spacial score (nSPS) is 12.2. The number of ether oxygens (including phenoxy) is 1. The molecule has 2 aromatic rings.